The first-order chi connectivity index (χ1) is 14.9. The van der Waals surface area contributed by atoms with E-state index < -0.39 is 30.8 Å². The Morgan fingerprint density at radius 1 is 1.19 bits per heavy atom. The van der Waals surface area contributed by atoms with Crippen LogP contribution in [0.3, 0.4) is 0 Å². The van der Waals surface area contributed by atoms with Crippen LogP contribution in [0.5, 0.6) is 0 Å². The van der Waals surface area contributed by atoms with Gasteiger partial charge in [0.15, 0.2) is 0 Å². The van der Waals surface area contributed by atoms with Crippen LogP contribution >= 0.6 is 0 Å². The number of carbonyl (C=O) groups is 1. The highest BCUT2D eigenvalue weighted by molar-refractivity contribution is 5.82. The number of aryl methyl sites for hydroxylation is 1. The number of hydrogen-bond acceptors (Lipinski definition) is 4. The third-order valence-electron chi connectivity index (χ3n) is 5.85. The maximum absolute atomic E-state index is 13.5. The van der Waals surface area contributed by atoms with Crippen molar-refractivity contribution in [3.63, 3.8) is 0 Å². The predicted octanol–water partition coefficient (Wildman–Crippen LogP) is 3.75. The highest BCUT2D eigenvalue weighted by Gasteiger charge is 2.42. The summed E-state index contributed by atoms with van der Waals surface area (Å²) in [5.41, 5.74) is 2.57. The second-order valence-electron chi connectivity index (χ2n) is 8.12. The van der Waals surface area contributed by atoms with E-state index in [4.69, 9.17) is 4.74 Å². The molecule has 1 saturated heterocycles. The van der Waals surface area contributed by atoms with Crippen LogP contribution in [0.25, 0.3) is 0 Å². The van der Waals surface area contributed by atoms with Crippen LogP contribution < -0.4 is 0 Å². The molecule has 0 saturated carbocycles. The Hall–Kier alpha value is -2.45. The summed E-state index contributed by atoms with van der Waals surface area (Å²) in [5, 5.41) is 0. The molecule has 0 radical (unpaired) electrons. The summed E-state index contributed by atoms with van der Waals surface area (Å²) >= 11 is 0. The fourth-order valence-electron chi connectivity index (χ4n) is 4.45. The number of carbonyl (C=O) groups excluding carboxylic acids is 1. The Bertz CT molecular complexity index is 891. The number of fused-ring (bicyclic) bond motifs is 1. The van der Waals surface area contributed by atoms with Gasteiger partial charge in [-0.25, -0.2) is 0 Å². The van der Waals surface area contributed by atoms with Gasteiger partial charge in [0.2, 0.25) is 0 Å². The summed E-state index contributed by atoms with van der Waals surface area (Å²) in [6.45, 7) is 0.532. The van der Waals surface area contributed by atoms with E-state index in [9.17, 15) is 18.0 Å². The van der Waals surface area contributed by atoms with Crippen molar-refractivity contribution in [1.82, 2.24) is 14.8 Å². The summed E-state index contributed by atoms with van der Waals surface area (Å²) in [7, 11) is 0. The van der Waals surface area contributed by atoms with E-state index in [0.717, 1.165) is 28.9 Å². The lowest BCUT2D eigenvalue weighted by Gasteiger charge is -2.39. The molecule has 2 aliphatic rings. The molecule has 166 valence electrons. The number of halogens is 3. The Morgan fingerprint density at radius 2 is 2.00 bits per heavy atom. The second kappa shape index (κ2) is 9.36. The predicted molar refractivity (Wildman–Crippen MR) is 109 cm³/mol. The molecule has 2 unspecified atom stereocenters. The van der Waals surface area contributed by atoms with Crippen LogP contribution in [0.2, 0.25) is 0 Å². The van der Waals surface area contributed by atoms with E-state index in [-0.39, 0.29) is 6.54 Å². The molecule has 1 aromatic carbocycles. The van der Waals surface area contributed by atoms with Gasteiger partial charge in [0.05, 0.1) is 18.3 Å². The van der Waals surface area contributed by atoms with Crippen molar-refractivity contribution in [2.45, 2.75) is 44.1 Å². The van der Waals surface area contributed by atoms with Crippen LogP contribution in [0.4, 0.5) is 13.2 Å². The number of ether oxygens (including phenoxy) is 1. The maximum atomic E-state index is 13.5. The third kappa shape index (κ3) is 5.43. The molecule has 2 aromatic rings. The van der Waals surface area contributed by atoms with Crippen molar-refractivity contribution in [1.29, 1.82) is 0 Å². The number of hydrogen-bond donors (Lipinski definition) is 0. The number of pyridine rings is 1. The van der Waals surface area contributed by atoms with Crippen LogP contribution in [0, 0.1) is 0 Å². The molecule has 2 atom stereocenters. The molecule has 4 rings (SSSR count). The van der Waals surface area contributed by atoms with Gasteiger partial charge in [0.1, 0.15) is 12.6 Å². The topological polar surface area (TPSA) is 45.7 Å². The molecule has 1 fully saturated rings. The summed E-state index contributed by atoms with van der Waals surface area (Å²) in [6.07, 6.45) is -1.90. The van der Waals surface area contributed by atoms with Crippen LogP contribution in [-0.2, 0) is 22.5 Å². The van der Waals surface area contributed by atoms with Crippen LogP contribution in [0.15, 0.2) is 48.7 Å². The minimum atomic E-state index is -4.50. The lowest BCUT2D eigenvalue weighted by molar-refractivity contribution is -0.177. The van der Waals surface area contributed by atoms with Crippen molar-refractivity contribution < 1.29 is 22.7 Å². The normalized spacial score (nSPS) is 22.0. The number of aromatic nitrogens is 1. The fourth-order valence-corrected chi connectivity index (χ4v) is 4.45. The number of morpholine rings is 1. The average Bonchev–Trinajstić information content (AvgIpc) is 2.77. The Balaban J connectivity index is 1.54. The number of rotatable bonds is 5. The molecule has 0 spiro atoms. The van der Waals surface area contributed by atoms with Crippen molar-refractivity contribution in [3.8, 4) is 0 Å². The van der Waals surface area contributed by atoms with Gasteiger partial charge >= 0.3 is 6.18 Å². The largest absolute Gasteiger partial charge is 0.406 e. The van der Waals surface area contributed by atoms with Gasteiger partial charge in [-0.05, 0) is 36.5 Å². The van der Waals surface area contributed by atoms with Gasteiger partial charge in [0.25, 0.3) is 5.91 Å². The first-order valence-electron chi connectivity index (χ1n) is 10.6. The maximum Gasteiger partial charge on any atom is 0.406 e. The average molecular weight is 433 g/mol. The molecule has 31 heavy (non-hydrogen) atoms. The van der Waals surface area contributed by atoms with E-state index in [0.29, 0.717) is 31.8 Å². The number of amides is 1. The minimum Gasteiger partial charge on any atom is -0.366 e. The highest BCUT2D eigenvalue weighted by Crippen LogP contribution is 2.35. The fraction of sp³-hybridized carbons (Fsp3) is 0.478. The summed E-state index contributed by atoms with van der Waals surface area (Å²) in [4.78, 5) is 20.7. The molecule has 5 nitrogen and oxygen atoms in total. The molecule has 0 bridgehead atoms. The number of nitrogens with zero attached hydrogens (tertiary/aromatic N) is 3. The quantitative estimate of drug-likeness (QED) is 0.721. The standard InChI is InChI=1S/C23H26F3N3O2/c24-23(25,26)16-29(19-10-4-8-18-9-5-11-27-21(18)19)22(30)20-15-28(12-13-31-20)14-17-6-2-1-3-7-17/h1-3,5-7,9,11,19-20H,4,8,10,12-16H2. The van der Waals surface area contributed by atoms with Crippen molar-refractivity contribution in [2.24, 2.45) is 0 Å². The number of benzene rings is 1. The third-order valence-corrected chi connectivity index (χ3v) is 5.85. The Labute approximate surface area is 179 Å². The molecular formula is C23H26F3N3O2. The summed E-state index contributed by atoms with van der Waals surface area (Å²) in [6, 6.07) is 12.8. The van der Waals surface area contributed by atoms with E-state index in [1.807, 2.05) is 36.4 Å². The second-order valence-corrected chi connectivity index (χ2v) is 8.12. The molecule has 2 heterocycles. The molecule has 8 heteroatoms. The highest BCUT2D eigenvalue weighted by atomic mass is 19.4. The van der Waals surface area contributed by atoms with E-state index in [1.165, 1.54) is 0 Å². The zero-order valence-electron chi connectivity index (χ0n) is 17.2. The molecule has 1 amide bonds. The Kier molecular flexibility index (Phi) is 6.57. The lowest BCUT2D eigenvalue weighted by Crippen LogP contribution is -2.53. The monoisotopic (exact) mass is 433 g/mol. The number of alkyl halides is 3. The van der Waals surface area contributed by atoms with Crippen LogP contribution in [-0.4, -0.2) is 59.2 Å². The molecule has 0 N–H and O–H groups in total. The summed E-state index contributed by atoms with van der Waals surface area (Å²) < 4.78 is 46.0. The molecule has 1 aromatic heterocycles. The first-order valence-corrected chi connectivity index (χ1v) is 10.6. The van der Waals surface area contributed by atoms with Gasteiger partial charge in [-0.15, -0.1) is 0 Å². The Morgan fingerprint density at radius 3 is 2.77 bits per heavy atom. The molecular weight excluding hydrogens is 407 g/mol. The first kappa shape index (κ1) is 21.8. The van der Waals surface area contributed by atoms with Gasteiger partial charge < -0.3 is 9.64 Å². The lowest BCUT2D eigenvalue weighted by atomic mass is 9.90. The van der Waals surface area contributed by atoms with Crippen molar-refractivity contribution in [2.75, 3.05) is 26.2 Å². The van der Waals surface area contributed by atoms with E-state index in [1.54, 1.807) is 12.3 Å². The minimum absolute atomic E-state index is 0.268. The smallest absolute Gasteiger partial charge is 0.366 e. The zero-order chi connectivity index (χ0) is 21.8. The van der Waals surface area contributed by atoms with E-state index in [2.05, 4.69) is 9.88 Å². The van der Waals surface area contributed by atoms with Gasteiger partial charge in [-0.2, -0.15) is 13.2 Å². The van der Waals surface area contributed by atoms with E-state index >= 15 is 0 Å². The van der Waals surface area contributed by atoms with Crippen molar-refractivity contribution in [3.05, 3.63) is 65.5 Å². The molecule has 1 aliphatic carbocycles. The van der Waals surface area contributed by atoms with Crippen molar-refractivity contribution >= 4 is 5.91 Å². The molecule has 1 aliphatic heterocycles. The van der Waals surface area contributed by atoms with Gasteiger partial charge in [0, 0.05) is 25.8 Å². The van der Waals surface area contributed by atoms with Gasteiger partial charge in [-0.1, -0.05) is 36.4 Å². The van der Waals surface area contributed by atoms with Crippen LogP contribution in [0.1, 0.15) is 35.7 Å². The van der Waals surface area contributed by atoms with Gasteiger partial charge in [-0.3, -0.25) is 14.7 Å². The summed E-state index contributed by atoms with van der Waals surface area (Å²) in [5.74, 6) is -0.612. The zero-order valence-corrected chi connectivity index (χ0v) is 17.2. The SMILES string of the molecule is O=C(C1CN(Cc2ccccc2)CCO1)N(CC(F)(F)F)C1CCCc2cccnc21.